The van der Waals surface area contributed by atoms with Crippen LogP contribution in [0.15, 0.2) is 24.3 Å². The van der Waals surface area contributed by atoms with Gasteiger partial charge >= 0.3 is 5.97 Å². The molecule has 0 spiro atoms. The summed E-state index contributed by atoms with van der Waals surface area (Å²) in [5, 5.41) is 0. The van der Waals surface area contributed by atoms with Crippen LogP contribution in [0.2, 0.25) is 0 Å². The summed E-state index contributed by atoms with van der Waals surface area (Å²) >= 11 is 0. The zero-order chi connectivity index (χ0) is 37.7. The summed E-state index contributed by atoms with van der Waals surface area (Å²) in [7, 11) is 1.35. The van der Waals surface area contributed by atoms with Crippen LogP contribution in [0.3, 0.4) is 0 Å². The third-order valence-electron chi connectivity index (χ3n) is 8.99. The normalized spacial score (nSPS) is 14.1. The van der Waals surface area contributed by atoms with Crippen LogP contribution in [-0.2, 0) is 27.9 Å². The fourth-order valence-corrected chi connectivity index (χ4v) is 6.43. The molecule has 0 bridgehead atoms. The van der Waals surface area contributed by atoms with E-state index < -0.39 is 13.9 Å². The van der Waals surface area contributed by atoms with Gasteiger partial charge in [-0.15, -0.1) is 0 Å². The molecule has 0 aliphatic heterocycles. The van der Waals surface area contributed by atoms with Gasteiger partial charge in [-0.3, -0.25) is 9.36 Å². The van der Waals surface area contributed by atoms with Crippen molar-refractivity contribution in [2.75, 3.05) is 54.1 Å². The molecule has 302 valence electrons. The summed E-state index contributed by atoms with van der Waals surface area (Å²) < 4.78 is 34.5. The molecule has 0 rings (SSSR count). The van der Waals surface area contributed by atoms with Crippen molar-refractivity contribution in [2.24, 2.45) is 0 Å². The SMILES string of the molecule is CCC/C=C\C/C=C\CCCCCCCCOCC(COP(=O)([O-])OCC[N+](C)(C)C)OC(=O)CCCCCCCCCCCCCCCCC. The minimum atomic E-state index is -4.52. The molecule has 0 heterocycles. The fourth-order valence-electron chi connectivity index (χ4n) is 5.70. The molecule has 2 unspecified atom stereocenters. The first-order valence-corrected chi connectivity index (χ1v) is 22.5. The van der Waals surface area contributed by atoms with E-state index in [-0.39, 0.29) is 25.8 Å². The van der Waals surface area contributed by atoms with Crippen molar-refractivity contribution < 1.29 is 37.3 Å². The van der Waals surface area contributed by atoms with Crippen molar-refractivity contribution in [2.45, 2.75) is 187 Å². The number of esters is 1. The van der Waals surface area contributed by atoms with Crippen molar-refractivity contribution >= 4 is 13.8 Å². The maximum Gasteiger partial charge on any atom is 0.306 e. The smallest absolute Gasteiger partial charge is 0.306 e. The number of nitrogens with zero attached hydrogens (tertiary/aromatic N) is 1. The van der Waals surface area contributed by atoms with Gasteiger partial charge in [0.25, 0.3) is 7.82 Å². The standard InChI is InChI=1S/C42H82NO7P/c1-6-8-10-12-14-16-18-20-22-23-25-27-29-31-33-35-42(44)50-41(40-49-51(45,46)48-38-36-43(3,4)5)39-47-37-34-32-30-28-26-24-21-19-17-15-13-11-9-7-2/h11,13,17,19,41H,6-10,12,14-16,18,20-40H2,1-5H3/b13-11-,19-17-. The third kappa shape index (κ3) is 40.0. The molecule has 0 aliphatic carbocycles. The van der Waals surface area contributed by atoms with E-state index in [1.807, 2.05) is 21.1 Å². The van der Waals surface area contributed by atoms with Crippen LogP contribution in [0, 0.1) is 0 Å². The number of carbonyl (C=O) groups excluding carboxylic acids is 1. The van der Waals surface area contributed by atoms with Gasteiger partial charge < -0.3 is 27.9 Å². The molecule has 0 aromatic heterocycles. The number of hydrogen-bond acceptors (Lipinski definition) is 7. The van der Waals surface area contributed by atoms with Gasteiger partial charge in [-0.1, -0.05) is 160 Å². The lowest BCUT2D eigenvalue weighted by Crippen LogP contribution is -2.37. The molecule has 0 saturated carbocycles. The van der Waals surface area contributed by atoms with Gasteiger partial charge in [-0.05, 0) is 38.5 Å². The summed E-state index contributed by atoms with van der Waals surface area (Å²) in [5.74, 6) is -0.337. The Morgan fingerprint density at radius 2 is 1.12 bits per heavy atom. The summed E-state index contributed by atoms with van der Waals surface area (Å²) in [6.45, 7) is 5.34. The molecule has 9 heteroatoms. The highest BCUT2D eigenvalue weighted by molar-refractivity contribution is 7.45. The van der Waals surface area contributed by atoms with E-state index in [1.54, 1.807) is 0 Å². The maximum atomic E-state index is 12.6. The fraction of sp³-hybridized carbons (Fsp3) is 0.881. The molecule has 0 aromatic carbocycles. The van der Waals surface area contributed by atoms with Gasteiger partial charge in [-0.25, -0.2) is 0 Å². The number of rotatable bonds is 39. The summed E-state index contributed by atoms with van der Waals surface area (Å²) in [4.78, 5) is 25.0. The van der Waals surface area contributed by atoms with Crippen molar-refractivity contribution in [1.29, 1.82) is 0 Å². The maximum absolute atomic E-state index is 12.6. The number of hydrogen-bond donors (Lipinski definition) is 0. The van der Waals surface area contributed by atoms with E-state index in [0.717, 1.165) is 51.4 Å². The van der Waals surface area contributed by atoms with Crippen LogP contribution < -0.4 is 4.89 Å². The van der Waals surface area contributed by atoms with Crippen LogP contribution in [-0.4, -0.2) is 70.7 Å². The number of phosphoric ester groups is 1. The summed E-state index contributed by atoms with van der Waals surface area (Å²) in [6.07, 6.45) is 38.9. The summed E-state index contributed by atoms with van der Waals surface area (Å²) in [5.41, 5.74) is 0. The largest absolute Gasteiger partial charge is 0.756 e. The highest BCUT2D eigenvalue weighted by Gasteiger charge is 2.20. The number of quaternary nitrogens is 1. The van der Waals surface area contributed by atoms with Gasteiger partial charge in [0.15, 0.2) is 0 Å². The van der Waals surface area contributed by atoms with E-state index in [0.29, 0.717) is 24.1 Å². The molecule has 0 aromatic rings. The Morgan fingerprint density at radius 3 is 1.67 bits per heavy atom. The minimum absolute atomic E-state index is 0.0256. The second-order valence-corrected chi connectivity index (χ2v) is 16.8. The van der Waals surface area contributed by atoms with E-state index in [9.17, 15) is 14.3 Å². The predicted molar refractivity (Wildman–Crippen MR) is 213 cm³/mol. The Balaban J connectivity index is 4.25. The molecule has 2 atom stereocenters. The lowest BCUT2D eigenvalue weighted by Gasteiger charge is -2.28. The van der Waals surface area contributed by atoms with E-state index in [4.69, 9.17) is 18.5 Å². The minimum Gasteiger partial charge on any atom is -0.756 e. The number of allylic oxidation sites excluding steroid dienone is 4. The number of phosphoric acid groups is 1. The number of likely N-dealkylation sites (N-methyl/N-ethyl adjacent to an activating group) is 1. The average Bonchev–Trinajstić information content (AvgIpc) is 3.08. The zero-order valence-electron chi connectivity index (χ0n) is 34.1. The second kappa shape index (κ2) is 36.0. The van der Waals surface area contributed by atoms with Crippen LogP contribution in [0.1, 0.15) is 181 Å². The molecule has 0 radical (unpaired) electrons. The van der Waals surface area contributed by atoms with Crippen LogP contribution in [0.5, 0.6) is 0 Å². The van der Waals surface area contributed by atoms with Gasteiger partial charge in [-0.2, -0.15) is 0 Å². The van der Waals surface area contributed by atoms with Crippen molar-refractivity contribution in [3.8, 4) is 0 Å². The third-order valence-corrected chi connectivity index (χ3v) is 9.95. The molecule has 8 nitrogen and oxygen atoms in total. The first-order chi connectivity index (χ1) is 24.6. The summed E-state index contributed by atoms with van der Waals surface area (Å²) in [6, 6.07) is 0. The topological polar surface area (TPSA) is 94.1 Å². The average molecular weight is 744 g/mol. The molecular formula is C42H82NO7P. The highest BCUT2D eigenvalue weighted by Crippen LogP contribution is 2.38. The molecule has 0 aliphatic rings. The Kier molecular flexibility index (Phi) is 35.3. The number of ether oxygens (including phenoxy) is 2. The zero-order valence-corrected chi connectivity index (χ0v) is 35.0. The van der Waals surface area contributed by atoms with E-state index >= 15 is 0 Å². The van der Waals surface area contributed by atoms with Crippen molar-refractivity contribution in [3.63, 3.8) is 0 Å². The monoisotopic (exact) mass is 744 g/mol. The molecule has 51 heavy (non-hydrogen) atoms. The lowest BCUT2D eigenvalue weighted by molar-refractivity contribution is -0.870. The van der Waals surface area contributed by atoms with E-state index in [1.165, 1.54) is 109 Å². The lowest BCUT2D eigenvalue weighted by atomic mass is 10.0. The number of unbranched alkanes of at least 4 members (excludes halogenated alkanes) is 21. The quantitative estimate of drug-likeness (QED) is 0.0203. The van der Waals surface area contributed by atoms with E-state index in [2.05, 4.69) is 38.2 Å². The number of carbonyl (C=O) groups is 1. The Morgan fingerprint density at radius 1 is 0.608 bits per heavy atom. The predicted octanol–water partition coefficient (Wildman–Crippen LogP) is 11.4. The van der Waals surface area contributed by atoms with Crippen LogP contribution in [0.4, 0.5) is 0 Å². The van der Waals surface area contributed by atoms with Crippen molar-refractivity contribution in [3.05, 3.63) is 24.3 Å². The first kappa shape index (κ1) is 50.0. The highest BCUT2D eigenvalue weighted by atomic mass is 31.2. The Hall–Kier alpha value is -1.02. The van der Waals surface area contributed by atoms with Gasteiger partial charge in [0.2, 0.25) is 0 Å². The molecule has 0 amide bonds. The van der Waals surface area contributed by atoms with Crippen LogP contribution in [0.25, 0.3) is 0 Å². The first-order valence-electron chi connectivity index (χ1n) is 21.1. The van der Waals surface area contributed by atoms with Crippen LogP contribution >= 0.6 is 7.82 Å². The molecule has 0 fully saturated rings. The Bertz CT molecular complexity index is 874. The molecule has 0 N–H and O–H groups in total. The van der Waals surface area contributed by atoms with Gasteiger partial charge in [0, 0.05) is 13.0 Å². The Labute approximate surface area is 315 Å². The van der Waals surface area contributed by atoms with Crippen molar-refractivity contribution in [1.82, 2.24) is 0 Å². The molecule has 0 saturated heterocycles. The second-order valence-electron chi connectivity index (χ2n) is 15.4. The van der Waals surface area contributed by atoms with Gasteiger partial charge in [0.1, 0.15) is 19.3 Å². The van der Waals surface area contributed by atoms with Gasteiger partial charge in [0.05, 0.1) is 34.4 Å². The molecular weight excluding hydrogens is 661 g/mol.